The lowest BCUT2D eigenvalue weighted by molar-refractivity contribution is 0.0808. The maximum absolute atomic E-state index is 6.18. The van der Waals surface area contributed by atoms with E-state index in [4.69, 9.17) is 4.74 Å². The lowest BCUT2D eigenvalue weighted by Crippen LogP contribution is -2.49. The molecule has 0 aliphatic carbocycles. The average Bonchev–Trinajstić information content (AvgIpc) is 3.14. The summed E-state index contributed by atoms with van der Waals surface area (Å²) in [5.74, 6) is 2.98. The number of nitrogens with zero attached hydrogens (tertiary/aromatic N) is 4. The van der Waals surface area contributed by atoms with E-state index in [1.54, 1.807) is 0 Å². The summed E-state index contributed by atoms with van der Waals surface area (Å²) < 4.78 is 6.18. The van der Waals surface area contributed by atoms with Crippen LogP contribution in [0.2, 0.25) is 0 Å². The third kappa shape index (κ3) is 4.33. The van der Waals surface area contributed by atoms with E-state index in [1.165, 1.54) is 22.3 Å². The van der Waals surface area contributed by atoms with Crippen LogP contribution in [0.5, 0.6) is 5.75 Å². The van der Waals surface area contributed by atoms with Gasteiger partial charge in [0.2, 0.25) is 0 Å². The quantitative estimate of drug-likeness (QED) is 0.436. The van der Waals surface area contributed by atoms with Crippen molar-refractivity contribution < 1.29 is 4.74 Å². The number of H-pyrrole nitrogens is 1. The first-order valence-corrected chi connectivity index (χ1v) is 12.7. The molecule has 184 valence electrons. The van der Waals surface area contributed by atoms with Crippen LogP contribution in [-0.4, -0.2) is 64.5 Å². The Hall–Kier alpha value is -3.77. The van der Waals surface area contributed by atoms with E-state index >= 15 is 0 Å². The molecule has 0 saturated carbocycles. The molecule has 6 nitrogen and oxygen atoms in total. The van der Waals surface area contributed by atoms with Gasteiger partial charge < -0.3 is 24.4 Å². The molecule has 1 N–H and O–H groups in total. The lowest BCUT2D eigenvalue weighted by Gasteiger charge is -2.45. The molecular formula is C30H33N5O. The minimum absolute atomic E-state index is 0.289. The zero-order valence-corrected chi connectivity index (χ0v) is 21.1. The molecule has 0 spiro atoms. The summed E-state index contributed by atoms with van der Waals surface area (Å²) >= 11 is 0. The maximum atomic E-state index is 6.18. The fourth-order valence-electron chi connectivity index (χ4n) is 5.48. The molecule has 1 atom stereocenters. The maximum Gasteiger partial charge on any atom is 0.124 e. The van der Waals surface area contributed by atoms with Gasteiger partial charge in [-0.2, -0.15) is 0 Å². The zero-order valence-electron chi connectivity index (χ0n) is 21.1. The van der Waals surface area contributed by atoms with Crippen molar-refractivity contribution in [3.05, 3.63) is 96.1 Å². The van der Waals surface area contributed by atoms with Gasteiger partial charge in [-0.15, -0.1) is 0 Å². The SMILES string of the molecule is C=C(N1CCOc2ccc(-c3ccc4nc(C)[nH]c4c3)cc2C1)N1CCN(C)CC1c1ccccc1. The molecule has 1 saturated heterocycles. The van der Waals surface area contributed by atoms with Gasteiger partial charge in [0.15, 0.2) is 0 Å². The topological polar surface area (TPSA) is 47.6 Å². The Balaban J connectivity index is 1.28. The van der Waals surface area contributed by atoms with Crippen molar-refractivity contribution >= 4 is 11.0 Å². The molecule has 0 radical (unpaired) electrons. The number of likely N-dealkylation sites (N-methyl/N-ethyl adjacent to an activating group) is 1. The van der Waals surface area contributed by atoms with Gasteiger partial charge in [0.1, 0.15) is 18.2 Å². The number of piperazine rings is 1. The van der Waals surface area contributed by atoms with Gasteiger partial charge in [0, 0.05) is 31.7 Å². The molecule has 0 bridgehead atoms. The predicted molar refractivity (Wildman–Crippen MR) is 145 cm³/mol. The molecule has 36 heavy (non-hydrogen) atoms. The molecule has 1 unspecified atom stereocenters. The number of rotatable bonds is 4. The largest absolute Gasteiger partial charge is 0.491 e. The third-order valence-corrected chi connectivity index (χ3v) is 7.44. The number of nitrogens with one attached hydrogen (secondary N) is 1. The number of aromatic amines is 1. The molecule has 4 aromatic rings. The Labute approximate surface area is 212 Å². The second-order valence-electron chi connectivity index (χ2n) is 9.95. The smallest absolute Gasteiger partial charge is 0.124 e. The average molecular weight is 480 g/mol. The highest BCUT2D eigenvalue weighted by Crippen LogP contribution is 2.34. The van der Waals surface area contributed by atoms with Crippen LogP contribution in [-0.2, 0) is 6.54 Å². The molecule has 1 aromatic heterocycles. The number of fused-ring (bicyclic) bond motifs is 2. The fourth-order valence-corrected chi connectivity index (χ4v) is 5.48. The Morgan fingerprint density at radius 2 is 1.81 bits per heavy atom. The van der Waals surface area contributed by atoms with Crippen LogP contribution in [0.15, 0.2) is 79.1 Å². The van der Waals surface area contributed by atoms with E-state index in [0.29, 0.717) is 6.61 Å². The highest BCUT2D eigenvalue weighted by Gasteiger charge is 2.30. The van der Waals surface area contributed by atoms with Crippen LogP contribution < -0.4 is 4.74 Å². The van der Waals surface area contributed by atoms with E-state index in [-0.39, 0.29) is 6.04 Å². The Bertz CT molecular complexity index is 1400. The number of ether oxygens (including phenoxy) is 1. The highest BCUT2D eigenvalue weighted by atomic mass is 16.5. The van der Waals surface area contributed by atoms with E-state index in [2.05, 4.69) is 105 Å². The minimum atomic E-state index is 0.289. The molecule has 0 amide bonds. The van der Waals surface area contributed by atoms with Crippen LogP contribution in [0.1, 0.15) is 23.0 Å². The standard InChI is InChI=1S/C30H33N5O/c1-21-31-27-11-9-25(18-28(27)32-21)24-10-12-30-26(17-24)19-34(15-16-36-30)22(2)35-14-13-33(3)20-29(35)23-7-5-4-6-8-23/h4-12,17-18,29H,2,13-16,19-20H2,1,3H3,(H,31,32). The van der Waals surface area contributed by atoms with Gasteiger partial charge in [-0.25, -0.2) is 4.98 Å². The van der Waals surface area contributed by atoms with Gasteiger partial charge in [-0.3, -0.25) is 0 Å². The molecule has 6 heteroatoms. The fraction of sp³-hybridized carbons (Fsp3) is 0.300. The number of aryl methyl sites for hydroxylation is 1. The van der Waals surface area contributed by atoms with Crippen molar-refractivity contribution in [2.45, 2.75) is 19.5 Å². The monoisotopic (exact) mass is 479 g/mol. The number of imidazole rings is 1. The molecule has 2 aliphatic rings. The second-order valence-corrected chi connectivity index (χ2v) is 9.95. The van der Waals surface area contributed by atoms with E-state index < -0.39 is 0 Å². The van der Waals surface area contributed by atoms with Crippen molar-refractivity contribution in [2.24, 2.45) is 0 Å². The summed E-state index contributed by atoms with van der Waals surface area (Å²) in [6.45, 7) is 11.8. The van der Waals surface area contributed by atoms with Crippen LogP contribution in [0.4, 0.5) is 0 Å². The summed E-state index contributed by atoms with van der Waals surface area (Å²) in [5.41, 5.74) is 6.94. The van der Waals surface area contributed by atoms with Crippen LogP contribution in [0.3, 0.4) is 0 Å². The summed E-state index contributed by atoms with van der Waals surface area (Å²) in [7, 11) is 2.20. The van der Waals surface area contributed by atoms with Crippen LogP contribution in [0, 0.1) is 6.92 Å². The minimum Gasteiger partial charge on any atom is -0.491 e. The zero-order chi connectivity index (χ0) is 24.6. The second kappa shape index (κ2) is 9.36. The van der Waals surface area contributed by atoms with E-state index in [1.807, 2.05) is 6.92 Å². The molecule has 3 aromatic carbocycles. The third-order valence-electron chi connectivity index (χ3n) is 7.44. The first-order valence-electron chi connectivity index (χ1n) is 12.7. The van der Waals surface area contributed by atoms with Crippen molar-refractivity contribution in [2.75, 3.05) is 39.8 Å². The molecular weight excluding hydrogens is 446 g/mol. The predicted octanol–water partition coefficient (Wildman–Crippen LogP) is 5.19. The van der Waals surface area contributed by atoms with E-state index in [9.17, 15) is 0 Å². The normalized spacial score (nSPS) is 18.6. The molecule has 3 heterocycles. The number of hydrogen-bond donors (Lipinski definition) is 1. The van der Waals surface area contributed by atoms with Crippen molar-refractivity contribution in [1.82, 2.24) is 24.7 Å². The van der Waals surface area contributed by atoms with Crippen LogP contribution in [0.25, 0.3) is 22.2 Å². The van der Waals surface area contributed by atoms with Crippen molar-refractivity contribution in [3.63, 3.8) is 0 Å². The summed E-state index contributed by atoms with van der Waals surface area (Å²) in [5, 5.41) is 0. The Morgan fingerprint density at radius 3 is 2.67 bits per heavy atom. The van der Waals surface area contributed by atoms with Gasteiger partial charge in [0.25, 0.3) is 0 Å². The summed E-state index contributed by atoms with van der Waals surface area (Å²) in [6, 6.07) is 24.0. The van der Waals surface area contributed by atoms with Gasteiger partial charge in [0.05, 0.1) is 29.4 Å². The van der Waals surface area contributed by atoms with Crippen molar-refractivity contribution in [3.8, 4) is 16.9 Å². The number of hydrogen-bond acceptors (Lipinski definition) is 5. The van der Waals surface area contributed by atoms with E-state index in [0.717, 1.165) is 61.2 Å². The van der Waals surface area contributed by atoms with Gasteiger partial charge >= 0.3 is 0 Å². The number of benzene rings is 3. The molecule has 2 aliphatic heterocycles. The lowest BCUT2D eigenvalue weighted by atomic mass is 10.0. The van der Waals surface area contributed by atoms with Crippen LogP contribution >= 0.6 is 0 Å². The highest BCUT2D eigenvalue weighted by molar-refractivity contribution is 5.82. The number of aromatic nitrogens is 2. The van der Waals surface area contributed by atoms with Gasteiger partial charge in [-0.1, -0.05) is 49.0 Å². The Morgan fingerprint density at radius 1 is 1.00 bits per heavy atom. The molecule has 1 fully saturated rings. The Kier molecular flexibility index (Phi) is 5.89. The summed E-state index contributed by atoms with van der Waals surface area (Å²) in [6.07, 6.45) is 0. The molecule has 6 rings (SSSR count). The first-order chi connectivity index (χ1) is 17.5. The summed E-state index contributed by atoms with van der Waals surface area (Å²) in [4.78, 5) is 15.2. The first kappa shape index (κ1) is 22.7. The van der Waals surface area contributed by atoms with Crippen molar-refractivity contribution in [1.29, 1.82) is 0 Å². The van der Waals surface area contributed by atoms with Gasteiger partial charge in [-0.05, 0) is 54.9 Å².